The van der Waals surface area contributed by atoms with Crippen molar-refractivity contribution in [3.63, 3.8) is 0 Å². The Hall–Kier alpha value is -1.84. The topological polar surface area (TPSA) is 29.5 Å². The number of hydrogen-bond donors (Lipinski definition) is 0. The van der Waals surface area contributed by atoms with Gasteiger partial charge < -0.3 is 4.74 Å². The predicted molar refractivity (Wildman–Crippen MR) is 92.5 cm³/mol. The van der Waals surface area contributed by atoms with Crippen molar-refractivity contribution in [3.8, 4) is 5.75 Å². The molecule has 0 amide bonds. The number of likely N-dealkylation sites (tertiary alicyclic amines) is 1. The first-order valence-corrected chi connectivity index (χ1v) is 8.36. The molecule has 1 saturated heterocycles. The summed E-state index contributed by atoms with van der Waals surface area (Å²) in [5.41, 5.74) is 1.29. The van der Waals surface area contributed by atoms with Gasteiger partial charge in [-0.05, 0) is 74.5 Å². The monoisotopic (exact) mass is 329 g/mol. The Morgan fingerprint density at radius 3 is 2.13 bits per heavy atom. The molecule has 0 unspecified atom stereocenters. The van der Waals surface area contributed by atoms with Crippen LogP contribution in [0.15, 0.2) is 48.5 Å². The van der Waals surface area contributed by atoms with Crippen molar-refractivity contribution in [2.75, 3.05) is 26.2 Å². The largest absolute Gasteiger partial charge is 0.492 e. The molecule has 1 fully saturated rings. The van der Waals surface area contributed by atoms with Gasteiger partial charge >= 0.3 is 0 Å². The predicted octanol–water partition coefficient (Wildman–Crippen LogP) is 4.05. The summed E-state index contributed by atoms with van der Waals surface area (Å²) in [6.07, 6.45) is 2.59. The van der Waals surface area contributed by atoms with Crippen LogP contribution in [0.1, 0.15) is 28.8 Å². The molecule has 0 saturated carbocycles. The molecular weight excluding hydrogens is 310 g/mol. The third-order valence-corrected chi connectivity index (χ3v) is 4.35. The van der Waals surface area contributed by atoms with Crippen molar-refractivity contribution >= 4 is 17.4 Å². The molecule has 0 aromatic heterocycles. The van der Waals surface area contributed by atoms with Crippen LogP contribution >= 0.6 is 11.6 Å². The fourth-order valence-electron chi connectivity index (χ4n) is 2.77. The van der Waals surface area contributed by atoms with Crippen molar-refractivity contribution < 1.29 is 9.53 Å². The highest BCUT2D eigenvalue weighted by Gasteiger charge is 2.11. The van der Waals surface area contributed by atoms with Crippen LogP contribution in [0, 0.1) is 0 Å². The zero-order valence-corrected chi connectivity index (χ0v) is 13.8. The molecule has 0 atom stereocenters. The smallest absolute Gasteiger partial charge is 0.193 e. The average Bonchev–Trinajstić information content (AvgIpc) is 3.09. The maximum atomic E-state index is 12.4. The van der Waals surface area contributed by atoms with Crippen LogP contribution in [0.25, 0.3) is 0 Å². The molecule has 0 aliphatic carbocycles. The highest BCUT2D eigenvalue weighted by molar-refractivity contribution is 6.30. The van der Waals surface area contributed by atoms with E-state index in [0.717, 1.165) is 12.3 Å². The van der Waals surface area contributed by atoms with Crippen LogP contribution in [0.4, 0.5) is 0 Å². The van der Waals surface area contributed by atoms with Crippen molar-refractivity contribution in [3.05, 3.63) is 64.7 Å². The molecule has 2 aromatic carbocycles. The van der Waals surface area contributed by atoms with Gasteiger partial charge in [0.05, 0.1) is 0 Å². The lowest BCUT2D eigenvalue weighted by atomic mass is 10.0. The van der Waals surface area contributed by atoms with E-state index in [2.05, 4.69) is 4.90 Å². The first kappa shape index (κ1) is 16.0. The molecule has 3 rings (SSSR count). The summed E-state index contributed by atoms with van der Waals surface area (Å²) >= 11 is 5.85. The van der Waals surface area contributed by atoms with Gasteiger partial charge in [-0.15, -0.1) is 0 Å². The highest BCUT2D eigenvalue weighted by atomic mass is 35.5. The Morgan fingerprint density at radius 2 is 1.52 bits per heavy atom. The average molecular weight is 330 g/mol. The second-order valence-corrected chi connectivity index (χ2v) is 6.19. The third-order valence-electron chi connectivity index (χ3n) is 4.10. The lowest BCUT2D eigenvalue weighted by Gasteiger charge is -2.15. The Labute approximate surface area is 141 Å². The van der Waals surface area contributed by atoms with Gasteiger partial charge in [-0.25, -0.2) is 0 Å². The van der Waals surface area contributed by atoms with Crippen LogP contribution in [-0.4, -0.2) is 36.9 Å². The maximum Gasteiger partial charge on any atom is 0.193 e. The number of rotatable bonds is 6. The van der Waals surface area contributed by atoms with Crippen molar-refractivity contribution in [1.82, 2.24) is 4.90 Å². The highest BCUT2D eigenvalue weighted by Crippen LogP contribution is 2.17. The SMILES string of the molecule is O=C(c1ccc(Cl)cc1)c1ccc(OCCN2CCCC2)cc1. The van der Waals surface area contributed by atoms with Crippen LogP contribution < -0.4 is 4.74 Å². The Balaban J connectivity index is 1.55. The summed E-state index contributed by atoms with van der Waals surface area (Å²) in [5.74, 6) is 0.794. The number of hydrogen-bond acceptors (Lipinski definition) is 3. The van der Waals surface area contributed by atoms with E-state index in [1.54, 1.807) is 24.3 Å². The van der Waals surface area contributed by atoms with Crippen LogP contribution in [0.2, 0.25) is 5.02 Å². The van der Waals surface area contributed by atoms with E-state index in [1.165, 1.54) is 25.9 Å². The first-order chi connectivity index (χ1) is 11.2. The number of ketones is 1. The summed E-state index contributed by atoms with van der Waals surface area (Å²) in [6.45, 7) is 4.01. The van der Waals surface area contributed by atoms with Gasteiger partial charge in [0.25, 0.3) is 0 Å². The molecule has 2 aromatic rings. The number of benzene rings is 2. The fourth-order valence-corrected chi connectivity index (χ4v) is 2.90. The first-order valence-electron chi connectivity index (χ1n) is 7.98. The quantitative estimate of drug-likeness (QED) is 0.749. The molecule has 1 heterocycles. The lowest BCUT2D eigenvalue weighted by Crippen LogP contribution is -2.25. The van der Waals surface area contributed by atoms with Gasteiger partial charge in [0, 0.05) is 22.7 Å². The van der Waals surface area contributed by atoms with Gasteiger partial charge in [-0.3, -0.25) is 9.69 Å². The van der Waals surface area contributed by atoms with Gasteiger partial charge in [0.2, 0.25) is 0 Å². The maximum absolute atomic E-state index is 12.4. The Kier molecular flexibility index (Phi) is 5.31. The zero-order valence-electron chi connectivity index (χ0n) is 13.0. The number of carbonyl (C=O) groups is 1. The minimum Gasteiger partial charge on any atom is -0.492 e. The van der Waals surface area contributed by atoms with E-state index in [4.69, 9.17) is 16.3 Å². The van der Waals surface area contributed by atoms with Crippen LogP contribution in [-0.2, 0) is 0 Å². The normalized spacial score (nSPS) is 14.8. The lowest BCUT2D eigenvalue weighted by molar-refractivity contribution is 0.103. The fraction of sp³-hybridized carbons (Fsp3) is 0.316. The summed E-state index contributed by atoms with van der Waals surface area (Å²) in [7, 11) is 0. The van der Waals surface area contributed by atoms with Gasteiger partial charge in [-0.2, -0.15) is 0 Å². The van der Waals surface area contributed by atoms with E-state index in [-0.39, 0.29) is 5.78 Å². The van der Waals surface area contributed by atoms with Crippen LogP contribution in [0.3, 0.4) is 0 Å². The zero-order chi connectivity index (χ0) is 16.1. The van der Waals surface area contributed by atoms with Crippen molar-refractivity contribution in [2.24, 2.45) is 0 Å². The molecule has 120 valence electrons. The molecule has 0 N–H and O–H groups in total. The molecule has 4 heteroatoms. The third kappa shape index (κ3) is 4.34. The van der Waals surface area contributed by atoms with E-state index < -0.39 is 0 Å². The van der Waals surface area contributed by atoms with E-state index >= 15 is 0 Å². The minimum atomic E-state index is -0.00900. The minimum absolute atomic E-state index is 0.00900. The number of halogens is 1. The molecular formula is C19H20ClNO2. The van der Waals surface area contributed by atoms with Gasteiger partial charge in [0.1, 0.15) is 12.4 Å². The molecule has 1 aliphatic rings. The Bertz CT molecular complexity index is 646. The van der Waals surface area contributed by atoms with E-state index in [1.807, 2.05) is 24.3 Å². The summed E-state index contributed by atoms with van der Waals surface area (Å²) < 4.78 is 5.75. The molecule has 0 bridgehead atoms. The van der Waals surface area contributed by atoms with Crippen LogP contribution in [0.5, 0.6) is 5.75 Å². The van der Waals surface area contributed by atoms with E-state index in [9.17, 15) is 4.79 Å². The second kappa shape index (κ2) is 7.62. The molecule has 23 heavy (non-hydrogen) atoms. The molecule has 0 radical (unpaired) electrons. The molecule has 0 spiro atoms. The van der Waals surface area contributed by atoms with Gasteiger partial charge in [0.15, 0.2) is 5.78 Å². The summed E-state index contributed by atoms with van der Waals surface area (Å²) in [5, 5.41) is 0.628. The standard InChI is InChI=1S/C19H20ClNO2/c20-17-7-3-15(4-8-17)19(22)16-5-9-18(10-6-16)23-14-13-21-11-1-2-12-21/h3-10H,1-2,11-14H2. The van der Waals surface area contributed by atoms with Gasteiger partial charge in [-0.1, -0.05) is 11.6 Å². The molecule has 1 aliphatic heterocycles. The number of carbonyl (C=O) groups excluding carboxylic acids is 1. The summed E-state index contributed by atoms with van der Waals surface area (Å²) in [6, 6.07) is 14.3. The van der Waals surface area contributed by atoms with Crippen molar-refractivity contribution in [1.29, 1.82) is 0 Å². The number of nitrogens with zero attached hydrogens (tertiary/aromatic N) is 1. The van der Waals surface area contributed by atoms with E-state index in [0.29, 0.717) is 22.8 Å². The Morgan fingerprint density at radius 1 is 0.957 bits per heavy atom. The summed E-state index contributed by atoms with van der Waals surface area (Å²) in [4.78, 5) is 14.8. The molecule has 3 nitrogen and oxygen atoms in total. The second-order valence-electron chi connectivity index (χ2n) is 5.76. The number of ether oxygens (including phenoxy) is 1. The van der Waals surface area contributed by atoms with Crippen molar-refractivity contribution in [2.45, 2.75) is 12.8 Å².